The molecule has 18 heteroatoms. The Labute approximate surface area is 484 Å². The van der Waals surface area contributed by atoms with Gasteiger partial charge in [-0.25, -0.2) is 4.98 Å². The van der Waals surface area contributed by atoms with Crippen molar-refractivity contribution < 1.29 is 48.0 Å². The average Bonchev–Trinajstić information content (AvgIpc) is 3.53. The Morgan fingerprint density at radius 3 is 2.30 bits per heavy atom. The third kappa shape index (κ3) is 16.8. The van der Waals surface area contributed by atoms with Crippen molar-refractivity contribution in [2.24, 2.45) is 5.41 Å². The molecule has 8 rings (SSSR count). The molecule has 4 aromatic rings. The first-order chi connectivity index (χ1) is 39.7. The lowest BCUT2D eigenvalue weighted by atomic mass is 9.83. The maximum absolute atomic E-state index is 14.7. The second kappa shape index (κ2) is 29.8. The summed E-state index contributed by atoms with van der Waals surface area (Å²) < 4.78 is 23.6. The van der Waals surface area contributed by atoms with Crippen LogP contribution in [0, 0.1) is 5.41 Å². The summed E-state index contributed by atoms with van der Waals surface area (Å²) in [6, 6.07) is 22.8. The van der Waals surface area contributed by atoms with Gasteiger partial charge in [-0.05, 0) is 110 Å². The molecule has 0 radical (unpaired) electrons. The summed E-state index contributed by atoms with van der Waals surface area (Å²) in [4.78, 5) is 78.1. The molecule has 5 N–H and O–H groups in total. The zero-order valence-electron chi connectivity index (χ0n) is 48.7. The van der Waals surface area contributed by atoms with Crippen molar-refractivity contribution in [1.82, 2.24) is 36.1 Å². The molecule has 6 atom stereocenters. The lowest BCUT2D eigenvalue weighted by molar-refractivity contribution is -0.147. The van der Waals surface area contributed by atoms with Crippen molar-refractivity contribution in [1.29, 1.82) is 0 Å². The molecule has 3 aromatic carbocycles. The topological polar surface area (TPSA) is 213 Å². The number of allylic oxidation sites excluding steroid dienone is 1. The highest BCUT2D eigenvalue weighted by molar-refractivity contribution is 6.06. The number of ketones is 1. The molecule has 4 aliphatic rings. The summed E-state index contributed by atoms with van der Waals surface area (Å²) in [7, 11) is 1.70. The van der Waals surface area contributed by atoms with Gasteiger partial charge in [0, 0.05) is 75.6 Å². The van der Waals surface area contributed by atoms with Crippen LogP contribution in [0.25, 0.3) is 0 Å². The van der Waals surface area contributed by atoms with Crippen molar-refractivity contribution in [2.45, 2.75) is 148 Å². The smallest absolute Gasteiger partial charge is 0.246 e. The first-order valence-corrected chi connectivity index (χ1v) is 29.6. The lowest BCUT2D eigenvalue weighted by Gasteiger charge is -2.41. The molecule has 0 spiro atoms. The molecular weight excluding hydrogens is 1040 g/mol. The molecule has 442 valence electrons. The van der Waals surface area contributed by atoms with Gasteiger partial charge in [0.05, 0.1) is 50.7 Å². The Balaban J connectivity index is 0.661. The molecule has 2 fully saturated rings. The number of carbonyl (C=O) groups excluding carboxylic acids is 5. The van der Waals surface area contributed by atoms with E-state index in [4.69, 9.17) is 18.9 Å². The fourth-order valence-electron chi connectivity index (χ4n) is 11.4. The van der Waals surface area contributed by atoms with Gasteiger partial charge in [-0.2, -0.15) is 0 Å². The number of hydrogen-bond donors (Lipinski definition) is 5. The van der Waals surface area contributed by atoms with E-state index in [9.17, 15) is 29.1 Å². The normalized spacial score (nSPS) is 19.1. The Kier molecular flexibility index (Phi) is 22.2. The highest BCUT2D eigenvalue weighted by Gasteiger charge is 2.44. The molecule has 2 saturated heterocycles. The lowest BCUT2D eigenvalue weighted by Crippen LogP contribution is -2.62. The van der Waals surface area contributed by atoms with E-state index in [1.807, 2.05) is 69.4 Å². The summed E-state index contributed by atoms with van der Waals surface area (Å²) >= 11 is 0. The summed E-state index contributed by atoms with van der Waals surface area (Å²) in [6.07, 6.45) is 15.8. The Morgan fingerprint density at radius 1 is 0.793 bits per heavy atom. The minimum Gasteiger partial charge on any atom is -0.507 e. The SMILES string of the molecule is CN[C@@H](C)C(=O)N[C@H](C(=O)N1Cc2cc(OCCOCCOCCNC(=O)CCCCCCCCOc3ccnc(N4C[C@H]5C[C@@H]4CN5/C=C/C(=O)c4ccccc4O)c3)ccc2C[C@H]1C(=O)N[C@@H]1CCCc2ccccc21)C(C)(C)C. The van der Waals surface area contributed by atoms with E-state index in [0.29, 0.717) is 82.4 Å². The van der Waals surface area contributed by atoms with Crippen LogP contribution in [0.15, 0.2) is 97.3 Å². The van der Waals surface area contributed by atoms with Gasteiger partial charge >= 0.3 is 0 Å². The molecule has 4 amide bonds. The summed E-state index contributed by atoms with van der Waals surface area (Å²) in [5, 5.41) is 22.2. The van der Waals surface area contributed by atoms with Crippen LogP contribution in [0.2, 0.25) is 0 Å². The number of nitrogens with one attached hydrogen (secondary N) is 4. The number of para-hydroxylation sites is 1. The van der Waals surface area contributed by atoms with Crippen molar-refractivity contribution in [3.63, 3.8) is 0 Å². The number of ether oxygens (including phenoxy) is 4. The number of rotatable bonds is 30. The maximum atomic E-state index is 14.7. The number of aryl methyl sites for hydroxylation is 1. The Bertz CT molecular complexity index is 2820. The molecule has 2 bridgehead atoms. The van der Waals surface area contributed by atoms with Crippen LogP contribution in [-0.2, 0) is 48.0 Å². The van der Waals surface area contributed by atoms with Crippen LogP contribution < -0.4 is 35.6 Å². The van der Waals surface area contributed by atoms with Gasteiger partial charge in [-0.1, -0.05) is 88.9 Å². The van der Waals surface area contributed by atoms with Gasteiger partial charge in [-0.3, -0.25) is 24.0 Å². The number of likely N-dealkylation sites (tertiary alicyclic amines) is 1. The van der Waals surface area contributed by atoms with Crippen molar-refractivity contribution in [3.8, 4) is 17.2 Å². The van der Waals surface area contributed by atoms with Crippen molar-refractivity contribution in [2.75, 3.05) is 71.2 Å². The van der Waals surface area contributed by atoms with Gasteiger partial charge in [0.25, 0.3) is 0 Å². The van der Waals surface area contributed by atoms with E-state index in [1.54, 1.807) is 49.3 Å². The largest absolute Gasteiger partial charge is 0.507 e. The Hall–Kier alpha value is -7.02. The van der Waals surface area contributed by atoms with Gasteiger partial charge in [0.15, 0.2) is 5.78 Å². The molecule has 1 aromatic heterocycles. The number of benzene rings is 3. The summed E-state index contributed by atoms with van der Waals surface area (Å²) in [5.74, 6) is 1.34. The number of phenols is 1. The molecule has 0 saturated carbocycles. The minimum absolute atomic E-state index is 0.00893. The number of amides is 4. The van der Waals surface area contributed by atoms with Crippen molar-refractivity contribution >= 4 is 35.2 Å². The summed E-state index contributed by atoms with van der Waals surface area (Å²) in [5.41, 5.74) is 3.85. The molecule has 18 nitrogen and oxygen atoms in total. The van der Waals surface area contributed by atoms with E-state index in [2.05, 4.69) is 48.2 Å². The molecule has 4 heterocycles. The number of fused-ring (bicyclic) bond motifs is 4. The number of aromatic nitrogens is 1. The van der Waals surface area contributed by atoms with E-state index in [-0.39, 0.29) is 47.7 Å². The quantitative estimate of drug-likeness (QED) is 0.0196. The fourth-order valence-corrected chi connectivity index (χ4v) is 11.4. The Morgan fingerprint density at radius 2 is 1.52 bits per heavy atom. The highest BCUT2D eigenvalue weighted by atomic mass is 16.5. The standard InChI is InChI=1S/C64H86N8O10/c1-44(65-5)61(76)69-60(64(2,3)4)63(78)72-41-47-37-50(25-24-46(47)38-55(72)62(77)68-54-21-16-18-45-17-11-12-19-52(45)54)82-36-35-80-34-33-79-32-29-67-59(75)23-10-8-6-7-9-15-31-81-51-26-28-66-58(40-51)71-43-48-39-49(71)42-70(48)30-27-57(74)53-20-13-14-22-56(53)73/h11-14,17,19-20,22,24-28,30,37,40,44,48-49,54-55,60,65,73H,6-10,15-16,18,21,23,29,31-36,38-39,41-43H2,1-5H3,(H,67,75)(H,68,77)(H,69,76)/b30-27+/t44-,48+,49+,54+,55-,60+/m0/s1. The fraction of sp³-hybridized carbons (Fsp3) is 0.531. The van der Waals surface area contributed by atoms with Crippen LogP contribution in [0.3, 0.4) is 0 Å². The van der Waals surface area contributed by atoms with Gasteiger partial charge in [0.2, 0.25) is 23.6 Å². The number of carbonyl (C=O) groups is 5. The number of phenolic OH excluding ortho intramolecular Hbond substituents is 1. The molecule has 0 unspecified atom stereocenters. The third-order valence-corrected chi connectivity index (χ3v) is 16.2. The van der Waals surface area contributed by atoms with E-state index >= 15 is 0 Å². The third-order valence-electron chi connectivity index (χ3n) is 16.2. The highest BCUT2D eigenvalue weighted by Crippen LogP contribution is 2.36. The predicted molar refractivity (Wildman–Crippen MR) is 315 cm³/mol. The first-order valence-electron chi connectivity index (χ1n) is 29.6. The molecular formula is C64H86N8O10. The van der Waals surface area contributed by atoms with Crippen LogP contribution in [0.5, 0.6) is 17.2 Å². The van der Waals surface area contributed by atoms with Crippen LogP contribution in [-0.4, -0.2) is 146 Å². The molecule has 1 aliphatic carbocycles. The second-order valence-corrected chi connectivity index (χ2v) is 23.2. The number of pyridine rings is 1. The number of likely N-dealkylation sites (N-methyl/N-ethyl adjacent to an activating group) is 1. The number of unbranched alkanes of at least 4 members (excludes halogenated alkanes) is 5. The number of piperazine rings is 1. The molecule has 82 heavy (non-hydrogen) atoms. The van der Waals surface area contributed by atoms with Gasteiger partial charge < -0.3 is 60.0 Å². The van der Waals surface area contributed by atoms with Crippen LogP contribution >= 0.6 is 0 Å². The van der Waals surface area contributed by atoms with Gasteiger partial charge in [0.1, 0.15) is 41.8 Å². The van der Waals surface area contributed by atoms with E-state index < -0.39 is 23.5 Å². The first kappa shape index (κ1) is 61.1. The number of anilines is 1. The molecule has 3 aliphatic heterocycles. The zero-order valence-corrected chi connectivity index (χ0v) is 48.7. The number of aromatic hydroxyl groups is 1. The second-order valence-electron chi connectivity index (χ2n) is 23.2. The summed E-state index contributed by atoms with van der Waals surface area (Å²) in [6.45, 7) is 12.2. The monoisotopic (exact) mass is 1130 g/mol. The van der Waals surface area contributed by atoms with E-state index in [1.165, 1.54) is 11.6 Å². The number of nitrogens with zero attached hydrogens (tertiary/aromatic N) is 4. The maximum Gasteiger partial charge on any atom is 0.246 e. The van der Waals surface area contributed by atoms with Crippen LogP contribution in [0.1, 0.15) is 131 Å². The van der Waals surface area contributed by atoms with E-state index in [0.717, 1.165) is 106 Å². The van der Waals surface area contributed by atoms with Crippen molar-refractivity contribution in [3.05, 3.63) is 125 Å². The van der Waals surface area contributed by atoms with Gasteiger partial charge in [-0.15, -0.1) is 0 Å². The minimum atomic E-state index is -0.878. The average molecular weight is 1130 g/mol. The van der Waals surface area contributed by atoms with Crippen LogP contribution in [0.4, 0.5) is 5.82 Å². The zero-order chi connectivity index (χ0) is 58.0. The predicted octanol–water partition coefficient (Wildman–Crippen LogP) is 7.37. The number of hydrogen-bond acceptors (Lipinski definition) is 14.